The normalized spacial score (nSPS) is 12.6. The lowest BCUT2D eigenvalue weighted by Gasteiger charge is -2.03. The molecule has 1 unspecified atom stereocenters. The summed E-state index contributed by atoms with van der Waals surface area (Å²) < 4.78 is 10.0. The summed E-state index contributed by atoms with van der Waals surface area (Å²) in [5.41, 5.74) is 7.68. The molecule has 0 aromatic carbocycles. The highest BCUT2D eigenvalue weighted by Crippen LogP contribution is 2.20. The van der Waals surface area contributed by atoms with Crippen LogP contribution < -0.4 is 5.73 Å². The molecule has 0 aliphatic rings. The Hall–Kier alpha value is -1.79. The average Bonchev–Trinajstić information content (AvgIpc) is 2.79. The first-order valence-corrected chi connectivity index (χ1v) is 5.21. The molecule has 2 rings (SSSR count). The van der Waals surface area contributed by atoms with Gasteiger partial charge in [-0.25, -0.2) is 0 Å². The highest BCUT2D eigenvalue weighted by atomic mass is 16.5. The van der Waals surface area contributed by atoms with Gasteiger partial charge in [-0.15, -0.1) is 0 Å². The van der Waals surface area contributed by atoms with Gasteiger partial charge in [-0.3, -0.25) is 4.98 Å². The Bertz CT molecular complexity index is 498. The maximum atomic E-state index is 5.80. The van der Waals surface area contributed by atoms with E-state index in [4.69, 9.17) is 15.0 Å². The number of hydrogen-bond acceptors (Lipinski definition) is 6. The SMILES string of the molecule is COCC(N)c1nc(-c2ccncc2C)no1. The fourth-order valence-corrected chi connectivity index (χ4v) is 1.47. The topological polar surface area (TPSA) is 87.1 Å². The number of rotatable bonds is 4. The molecule has 0 radical (unpaired) electrons. The van der Waals surface area contributed by atoms with Gasteiger partial charge in [0.15, 0.2) is 0 Å². The lowest BCUT2D eigenvalue weighted by atomic mass is 10.1. The largest absolute Gasteiger partial charge is 0.383 e. The predicted molar refractivity (Wildman–Crippen MR) is 61.1 cm³/mol. The van der Waals surface area contributed by atoms with E-state index in [1.54, 1.807) is 19.5 Å². The van der Waals surface area contributed by atoms with Crippen LogP contribution >= 0.6 is 0 Å². The van der Waals surface area contributed by atoms with Crippen molar-refractivity contribution < 1.29 is 9.26 Å². The van der Waals surface area contributed by atoms with E-state index in [1.807, 2.05) is 13.0 Å². The Labute approximate surface area is 98.8 Å². The number of aromatic nitrogens is 3. The zero-order chi connectivity index (χ0) is 12.3. The molecule has 0 saturated heterocycles. The minimum Gasteiger partial charge on any atom is -0.383 e. The van der Waals surface area contributed by atoms with Gasteiger partial charge in [0.2, 0.25) is 11.7 Å². The number of aryl methyl sites for hydroxylation is 1. The second-order valence-electron chi connectivity index (χ2n) is 3.71. The molecule has 1 atom stereocenters. The van der Waals surface area contributed by atoms with Gasteiger partial charge in [0.25, 0.3) is 0 Å². The van der Waals surface area contributed by atoms with E-state index in [0.717, 1.165) is 11.1 Å². The third kappa shape index (κ3) is 2.48. The molecule has 0 bridgehead atoms. The summed E-state index contributed by atoms with van der Waals surface area (Å²) in [6.45, 7) is 2.28. The average molecular weight is 234 g/mol. The number of hydrogen-bond donors (Lipinski definition) is 1. The van der Waals surface area contributed by atoms with E-state index in [1.165, 1.54) is 0 Å². The molecule has 17 heavy (non-hydrogen) atoms. The molecule has 2 N–H and O–H groups in total. The van der Waals surface area contributed by atoms with E-state index in [-0.39, 0.29) is 0 Å². The van der Waals surface area contributed by atoms with Crippen molar-refractivity contribution in [1.29, 1.82) is 0 Å². The van der Waals surface area contributed by atoms with Gasteiger partial charge in [0.05, 0.1) is 6.61 Å². The quantitative estimate of drug-likeness (QED) is 0.851. The lowest BCUT2D eigenvalue weighted by Crippen LogP contribution is -2.16. The van der Waals surface area contributed by atoms with Crippen molar-refractivity contribution in [1.82, 2.24) is 15.1 Å². The first-order valence-electron chi connectivity index (χ1n) is 5.21. The summed E-state index contributed by atoms with van der Waals surface area (Å²) in [5, 5.41) is 3.90. The summed E-state index contributed by atoms with van der Waals surface area (Å²) in [4.78, 5) is 8.26. The molecular weight excluding hydrogens is 220 g/mol. The van der Waals surface area contributed by atoms with Crippen LogP contribution in [0.15, 0.2) is 23.0 Å². The maximum absolute atomic E-state index is 5.80. The number of nitrogens with zero attached hydrogens (tertiary/aromatic N) is 3. The molecular formula is C11H14N4O2. The Morgan fingerprint density at radius 2 is 2.35 bits per heavy atom. The molecule has 0 aliphatic heterocycles. The number of pyridine rings is 1. The minimum atomic E-state index is -0.400. The highest BCUT2D eigenvalue weighted by molar-refractivity contribution is 5.57. The first kappa shape index (κ1) is 11.7. The molecule has 2 aromatic heterocycles. The van der Waals surface area contributed by atoms with E-state index in [0.29, 0.717) is 18.3 Å². The predicted octanol–water partition coefficient (Wildman–Crippen LogP) is 1.09. The van der Waals surface area contributed by atoms with Crippen molar-refractivity contribution in [2.75, 3.05) is 13.7 Å². The van der Waals surface area contributed by atoms with Gasteiger partial charge in [0, 0.05) is 25.1 Å². The summed E-state index contributed by atoms with van der Waals surface area (Å²) in [7, 11) is 1.57. The lowest BCUT2D eigenvalue weighted by molar-refractivity contribution is 0.166. The molecule has 6 heteroatoms. The van der Waals surface area contributed by atoms with Crippen LogP contribution in [0.3, 0.4) is 0 Å². The van der Waals surface area contributed by atoms with Gasteiger partial charge in [0.1, 0.15) is 6.04 Å². The Balaban J connectivity index is 2.27. The van der Waals surface area contributed by atoms with E-state index < -0.39 is 6.04 Å². The molecule has 2 aromatic rings. The standard InChI is InChI=1S/C11H14N4O2/c1-7-5-13-4-3-8(7)10-14-11(17-15-10)9(12)6-16-2/h3-5,9H,6,12H2,1-2H3. The van der Waals surface area contributed by atoms with Gasteiger partial charge in [-0.1, -0.05) is 5.16 Å². The van der Waals surface area contributed by atoms with E-state index >= 15 is 0 Å². The van der Waals surface area contributed by atoms with Crippen molar-refractivity contribution in [3.8, 4) is 11.4 Å². The molecule has 90 valence electrons. The third-order valence-electron chi connectivity index (χ3n) is 2.37. The Kier molecular flexibility index (Phi) is 3.46. The summed E-state index contributed by atoms with van der Waals surface area (Å²) in [6, 6.07) is 1.44. The number of methoxy groups -OCH3 is 1. The van der Waals surface area contributed by atoms with E-state index in [2.05, 4.69) is 15.1 Å². The van der Waals surface area contributed by atoms with Crippen LogP contribution in [-0.4, -0.2) is 28.8 Å². The third-order valence-corrected chi connectivity index (χ3v) is 2.37. The molecule has 0 aliphatic carbocycles. The molecule has 6 nitrogen and oxygen atoms in total. The van der Waals surface area contributed by atoms with Crippen LogP contribution in [-0.2, 0) is 4.74 Å². The molecule has 0 fully saturated rings. The molecule has 0 spiro atoms. The van der Waals surface area contributed by atoms with Crippen LogP contribution in [0, 0.1) is 6.92 Å². The number of ether oxygens (including phenoxy) is 1. The minimum absolute atomic E-state index is 0.344. The molecule has 0 amide bonds. The summed E-state index contributed by atoms with van der Waals surface area (Å²) in [6.07, 6.45) is 3.44. The zero-order valence-electron chi connectivity index (χ0n) is 9.75. The van der Waals surface area contributed by atoms with Crippen LogP contribution in [0.1, 0.15) is 17.5 Å². The maximum Gasteiger partial charge on any atom is 0.246 e. The highest BCUT2D eigenvalue weighted by Gasteiger charge is 2.16. The van der Waals surface area contributed by atoms with Gasteiger partial charge in [-0.2, -0.15) is 4.98 Å². The molecule has 2 heterocycles. The van der Waals surface area contributed by atoms with Crippen molar-refractivity contribution in [2.45, 2.75) is 13.0 Å². The summed E-state index contributed by atoms with van der Waals surface area (Å²) >= 11 is 0. The van der Waals surface area contributed by atoms with Crippen molar-refractivity contribution in [3.05, 3.63) is 29.9 Å². The number of nitrogens with two attached hydrogens (primary N) is 1. The van der Waals surface area contributed by atoms with Gasteiger partial charge < -0.3 is 15.0 Å². The summed E-state index contributed by atoms with van der Waals surface area (Å²) in [5.74, 6) is 0.893. The zero-order valence-corrected chi connectivity index (χ0v) is 9.75. The van der Waals surface area contributed by atoms with Crippen LogP contribution in [0.4, 0.5) is 0 Å². The van der Waals surface area contributed by atoms with Gasteiger partial charge >= 0.3 is 0 Å². The van der Waals surface area contributed by atoms with Crippen LogP contribution in [0.25, 0.3) is 11.4 Å². The second kappa shape index (κ2) is 5.03. The fraction of sp³-hybridized carbons (Fsp3) is 0.364. The monoisotopic (exact) mass is 234 g/mol. The Morgan fingerprint density at radius 1 is 1.53 bits per heavy atom. The van der Waals surface area contributed by atoms with Crippen molar-refractivity contribution in [3.63, 3.8) is 0 Å². The molecule has 0 saturated carbocycles. The van der Waals surface area contributed by atoms with E-state index in [9.17, 15) is 0 Å². The van der Waals surface area contributed by atoms with Crippen molar-refractivity contribution in [2.24, 2.45) is 5.73 Å². The van der Waals surface area contributed by atoms with Crippen LogP contribution in [0.2, 0.25) is 0 Å². The first-order chi connectivity index (χ1) is 8.22. The Morgan fingerprint density at radius 3 is 3.06 bits per heavy atom. The second-order valence-corrected chi connectivity index (χ2v) is 3.71. The fourth-order valence-electron chi connectivity index (χ4n) is 1.47. The van der Waals surface area contributed by atoms with Crippen molar-refractivity contribution >= 4 is 0 Å². The van der Waals surface area contributed by atoms with Crippen LogP contribution in [0.5, 0.6) is 0 Å². The smallest absolute Gasteiger partial charge is 0.246 e. The van der Waals surface area contributed by atoms with Gasteiger partial charge in [-0.05, 0) is 18.6 Å².